The molecule has 0 aliphatic heterocycles. The van der Waals surface area contributed by atoms with Crippen LogP contribution in [-0.4, -0.2) is 54.6 Å². The summed E-state index contributed by atoms with van der Waals surface area (Å²) in [5.74, 6) is 2.26. The van der Waals surface area contributed by atoms with Crippen LogP contribution in [0.4, 0.5) is 16.4 Å². The van der Waals surface area contributed by atoms with E-state index in [1.54, 1.807) is 14.1 Å². The molecule has 0 saturated carbocycles. The Hall–Kier alpha value is -2.05. The van der Waals surface area contributed by atoms with Crippen molar-refractivity contribution in [1.29, 1.82) is 0 Å². The summed E-state index contributed by atoms with van der Waals surface area (Å²) in [6.07, 6.45) is 0. The molecule has 1 aromatic rings. The predicted octanol–water partition coefficient (Wildman–Crippen LogP) is 0.900. The number of rotatable bonds is 6. The zero-order valence-electron chi connectivity index (χ0n) is 11.9. The van der Waals surface area contributed by atoms with Crippen molar-refractivity contribution in [3.63, 3.8) is 0 Å². The number of nitrogens with zero attached hydrogens (tertiary/aromatic N) is 3. The van der Waals surface area contributed by atoms with Crippen LogP contribution in [0.15, 0.2) is 6.07 Å². The van der Waals surface area contributed by atoms with E-state index in [0.717, 1.165) is 18.2 Å². The fraction of sp³-hybridized carbons (Fsp3) is 0.583. The van der Waals surface area contributed by atoms with Gasteiger partial charge in [0, 0.05) is 39.8 Å². The number of amides is 2. The molecule has 0 bridgehead atoms. The van der Waals surface area contributed by atoms with Gasteiger partial charge < -0.3 is 20.9 Å². The third kappa shape index (κ3) is 5.41. The van der Waals surface area contributed by atoms with Crippen molar-refractivity contribution in [1.82, 2.24) is 20.2 Å². The zero-order valence-corrected chi connectivity index (χ0v) is 11.9. The molecule has 0 atom stereocenters. The standard InChI is InChI=1S/C12H22N6O/c1-5-13-10-8-11(17-9(2)16-10)14-6-7-15-12(19)18(3)4/h8H,5-7H2,1-4H3,(H,15,19)(H2,13,14,16,17). The first-order chi connectivity index (χ1) is 9.02. The van der Waals surface area contributed by atoms with Crippen LogP contribution < -0.4 is 16.0 Å². The van der Waals surface area contributed by atoms with Gasteiger partial charge in [0.2, 0.25) is 0 Å². The molecule has 106 valence electrons. The maximum atomic E-state index is 11.3. The third-order valence-electron chi connectivity index (χ3n) is 2.31. The Morgan fingerprint density at radius 2 is 1.84 bits per heavy atom. The molecule has 1 heterocycles. The number of anilines is 2. The van der Waals surface area contributed by atoms with Crippen LogP contribution in [0.25, 0.3) is 0 Å². The van der Waals surface area contributed by atoms with Crippen molar-refractivity contribution < 1.29 is 4.79 Å². The van der Waals surface area contributed by atoms with Gasteiger partial charge >= 0.3 is 6.03 Å². The number of aryl methyl sites for hydroxylation is 1. The van der Waals surface area contributed by atoms with Crippen LogP contribution in [0.2, 0.25) is 0 Å². The molecule has 1 rings (SSSR count). The molecule has 0 aromatic carbocycles. The quantitative estimate of drug-likeness (QED) is 0.666. The highest BCUT2D eigenvalue weighted by Crippen LogP contribution is 2.10. The van der Waals surface area contributed by atoms with E-state index in [9.17, 15) is 4.79 Å². The zero-order chi connectivity index (χ0) is 14.3. The summed E-state index contributed by atoms with van der Waals surface area (Å²) < 4.78 is 0. The second-order valence-corrected chi connectivity index (χ2v) is 4.27. The summed E-state index contributed by atoms with van der Waals surface area (Å²) in [5, 5.41) is 9.07. The van der Waals surface area contributed by atoms with Crippen molar-refractivity contribution >= 4 is 17.7 Å². The first-order valence-electron chi connectivity index (χ1n) is 6.31. The number of hydrogen-bond donors (Lipinski definition) is 3. The molecule has 0 unspecified atom stereocenters. The van der Waals surface area contributed by atoms with E-state index in [0.29, 0.717) is 18.9 Å². The van der Waals surface area contributed by atoms with Crippen molar-refractivity contribution in [2.45, 2.75) is 13.8 Å². The highest BCUT2D eigenvalue weighted by molar-refractivity contribution is 5.73. The van der Waals surface area contributed by atoms with Crippen molar-refractivity contribution in [2.75, 3.05) is 44.4 Å². The summed E-state index contributed by atoms with van der Waals surface area (Å²) in [5.41, 5.74) is 0. The molecular formula is C12H22N6O. The number of urea groups is 1. The molecule has 0 spiro atoms. The van der Waals surface area contributed by atoms with E-state index in [1.165, 1.54) is 4.90 Å². The van der Waals surface area contributed by atoms with Crippen LogP contribution in [-0.2, 0) is 0 Å². The largest absolute Gasteiger partial charge is 0.370 e. The maximum absolute atomic E-state index is 11.3. The van der Waals surface area contributed by atoms with E-state index in [-0.39, 0.29) is 6.03 Å². The van der Waals surface area contributed by atoms with Gasteiger partial charge in [-0.1, -0.05) is 0 Å². The van der Waals surface area contributed by atoms with Crippen LogP contribution in [0.1, 0.15) is 12.7 Å². The van der Waals surface area contributed by atoms with Gasteiger partial charge in [0.1, 0.15) is 17.5 Å². The summed E-state index contributed by atoms with van der Waals surface area (Å²) in [6, 6.07) is 1.75. The normalized spacial score (nSPS) is 9.89. The Labute approximate surface area is 113 Å². The average Bonchev–Trinajstić information content (AvgIpc) is 2.34. The number of carbonyl (C=O) groups is 1. The highest BCUT2D eigenvalue weighted by atomic mass is 16.2. The molecule has 0 radical (unpaired) electrons. The smallest absolute Gasteiger partial charge is 0.316 e. The van der Waals surface area contributed by atoms with E-state index < -0.39 is 0 Å². The minimum Gasteiger partial charge on any atom is -0.370 e. The highest BCUT2D eigenvalue weighted by Gasteiger charge is 2.03. The second kappa shape index (κ2) is 7.40. The van der Waals surface area contributed by atoms with Gasteiger partial charge in [-0.2, -0.15) is 0 Å². The van der Waals surface area contributed by atoms with Crippen LogP contribution in [0.5, 0.6) is 0 Å². The molecule has 0 aliphatic carbocycles. The summed E-state index contributed by atoms with van der Waals surface area (Å²) in [6.45, 7) is 5.83. The van der Waals surface area contributed by atoms with Crippen LogP contribution >= 0.6 is 0 Å². The Morgan fingerprint density at radius 3 is 2.42 bits per heavy atom. The lowest BCUT2D eigenvalue weighted by atomic mass is 10.4. The lowest BCUT2D eigenvalue weighted by Crippen LogP contribution is -2.37. The predicted molar refractivity (Wildman–Crippen MR) is 76.5 cm³/mol. The summed E-state index contributed by atoms with van der Waals surface area (Å²) >= 11 is 0. The fourth-order valence-corrected chi connectivity index (χ4v) is 1.45. The number of aromatic nitrogens is 2. The molecule has 0 fully saturated rings. The van der Waals surface area contributed by atoms with E-state index >= 15 is 0 Å². The topological polar surface area (TPSA) is 82.2 Å². The van der Waals surface area contributed by atoms with Crippen molar-refractivity contribution in [3.8, 4) is 0 Å². The molecule has 7 nitrogen and oxygen atoms in total. The average molecular weight is 266 g/mol. The third-order valence-corrected chi connectivity index (χ3v) is 2.31. The Kier molecular flexibility index (Phi) is 5.84. The van der Waals surface area contributed by atoms with Gasteiger partial charge in [-0.15, -0.1) is 0 Å². The molecule has 19 heavy (non-hydrogen) atoms. The summed E-state index contributed by atoms with van der Waals surface area (Å²) in [7, 11) is 3.42. The Balaban J connectivity index is 2.42. The lowest BCUT2D eigenvalue weighted by Gasteiger charge is -2.13. The van der Waals surface area contributed by atoms with E-state index in [2.05, 4.69) is 25.9 Å². The van der Waals surface area contributed by atoms with Gasteiger partial charge in [0.25, 0.3) is 0 Å². The first kappa shape index (κ1) is 15.0. The van der Waals surface area contributed by atoms with Gasteiger partial charge in [0.05, 0.1) is 0 Å². The molecule has 0 saturated heterocycles. The van der Waals surface area contributed by atoms with Crippen molar-refractivity contribution in [2.24, 2.45) is 0 Å². The minimum absolute atomic E-state index is 0.103. The molecule has 3 N–H and O–H groups in total. The molecule has 1 aromatic heterocycles. The Morgan fingerprint density at radius 1 is 1.21 bits per heavy atom. The lowest BCUT2D eigenvalue weighted by molar-refractivity contribution is 0.218. The van der Waals surface area contributed by atoms with Gasteiger partial charge in [-0.3, -0.25) is 0 Å². The SMILES string of the molecule is CCNc1cc(NCCNC(=O)N(C)C)nc(C)n1. The van der Waals surface area contributed by atoms with E-state index in [1.807, 2.05) is 19.9 Å². The van der Waals surface area contributed by atoms with Crippen molar-refractivity contribution in [3.05, 3.63) is 11.9 Å². The van der Waals surface area contributed by atoms with E-state index in [4.69, 9.17) is 0 Å². The van der Waals surface area contributed by atoms with Gasteiger partial charge in [0.15, 0.2) is 0 Å². The second-order valence-electron chi connectivity index (χ2n) is 4.27. The summed E-state index contributed by atoms with van der Waals surface area (Å²) in [4.78, 5) is 21.3. The number of hydrogen-bond acceptors (Lipinski definition) is 5. The monoisotopic (exact) mass is 266 g/mol. The number of carbonyl (C=O) groups excluding carboxylic acids is 1. The molecule has 0 aliphatic rings. The number of nitrogens with one attached hydrogen (secondary N) is 3. The van der Waals surface area contributed by atoms with Gasteiger partial charge in [-0.05, 0) is 13.8 Å². The van der Waals surface area contributed by atoms with Crippen LogP contribution in [0.3, 0.4) is 0 Å². The molecule has 2 amide bonds. The molecular weight excluding hydrogens is 244 g/mol. The maximum Gasteiger partial charge on any atom is 0.316 e. The van der Waals surface area contributed by atoms with Crippen LogP contribution in [0, 0.1) is 6.92 Å². The Bertz CT molecular complexity index is 421. The minimum atomic E-state index is -0.103. The molecule has 7 heteroatoms. The fourth-order valence-electron chi connectivity index (χ4n) is 1.45. The first-order valence-corrected chi connectivity index (χ1v) is 6.31. The van der Waals surface area contributed by atoms with Gasteiger partial charge in [-0.25, -0.2) is 14.8 Å².